The molecule has 0 heterocycles. The standard InChI is InChI=1S/C28H46O4/c1-6-19-23-16-18(29)12-14-28(23,5)22-13-15-27(4)20(9-10-21(27)25(22)26(19)31)17(3)8-11-24(30)32-7-2/h17,19-23,25-26,31H,6-16H2,1-5H3/t17-,19+,20?,21?,22?,23-,25?,26-,27?,28-/m1/s1. The Morgan fingerprint density at radius 2 is 1.81 bits per heavy atom. The Morgan fingerprint density at radius 1 is 1.09 bits per heavy atom. The summed E-state index contributed by atoms with van der Waals surface area (Å²) in [6.45, 7) is 11.8. The number of esters is 1. The van der Waals surface area contributed by atoms with Gasteiger partial charge in [0.05, 0.1) is 12.7 Å². The summed E-state index contributed by atoms with van der Waals surface area (Å²) in [7, 11) is 0. The highest BCUT2D eigenvalue weighted by Crippen LogP contribution is 2.69. The molecule has 0 amide bonds. The maximum atomic E-state index is 12.4. The third-order valence-corrected chi connectivity index (χ3v) is 11.1. The first-order valence-corrected chi connectivity index (χ1v) is 13.5. The van der Waals surface area contributed by atoms with Gasteiger partial charge >= 0.3 is 5.97 Å². The second kappa shape index (κ2) is 9.04. The Hall–Kier alpha value is -0.900. The minimum Gasteiger partial charge on any atom is -0.466 e. The summed E-state index contributed by atoms with van der Waals surface area (Å²) >= 11 is 0. The van der Waals surface area contributed by atoms with Crippen LogP contribution in [-0.4, -0.2) is 29.6 Å². The predicted molar refractivity (Wildman–Crippen MR) is 126 cm³/mol. The molecule has 0 aromatic heterocycles. The molecule has 0 aliphatic heterocycles. The smallest absolute Gasteiger partial charge is 0.305 e. The Labute approximate surface area is 195 Å². The van der Waals surface area contributed by atoms with Gasteiger partial charge in [-0.25, -0.2) is 0 Å². The van der Waals surface area contributed by atoms with Crippen molar-refractivity contribution < 1.29 is 19.4 Å². The van der Waals surface area contributed by atoms with Gasteiger partial charge in [0.15, 0.2) is 0 Å². The van der Waals surface area contributed by atoms with E-state index in [1.165, 1.54) is 25.7 Å². The minimum atomic E-state index is -0.271. The van der Waals surface area contributed by atoms with Gasteiger partial charge in [-0.3, -0.25) is 9.59 Å². The maximum absolute atomic E-state index is 12.4. The van der Waals surface area contributed by atoms with Crippen molar-refractivity contribution in [2.24, 2.45) is 52.3 Å². The predicted octanol–water partition coefficient (Wildman–Crippen LogP) is 5.80. The van der Waals surface area contributed by atoms with E-state index >= 15 is 0 Å². The third-order valence-electron chi connectivity index (χ3n) is 11.1. The van der Waals surface area contributed by atoms with E-state index in [1.807, 2.05) is 6.92 Å². The molecule has 0 radical (unpaired) electrons. The van der Waals surface area contributed by atoms with Crippen LogP contribution >= 0.6 is 0 Å². The van der Waals surface area contributed by atoms with Crippen molar-refractivity contribution in [2.75, 3.05) is 6.61 Å². The van der Waals surface area contributed by atoms with Gasteiger partial charge in [0.1, 0.15) is 5.78 Å². The average molecular weight is 447 g/mol. The van der Waals surface area contributed by atoms with Crippen molar-refractivity contribution in [3.05, 3.63) is 0 Å². The van der Waals surface area contributed by atoms with E-state index < -0.39 is 0 Å². The third kappa shape index (κ3) is 3.77. The molecule has 0 saturated heterocycles. The summed E-state index contributed by atoms with van der Waals surface area (Å²) in [5, 5.41) is 11.8. The van der Waals surface area contributed by atoms with E-state index in [9.17, 15) is 14.7 Å². The number of carbonyl (C=O) groups excluding carboxylic acids is 2. The first-order valence-electron chi connectivity index (χ1n) is 13.5. The molecule has 4 fully saturated rings. The molecule has 4 saturated carbocycles. The lowest BCUT2D eigenvalue weighted by Crippen LogP contribution is -2.61. The Bertz CT molecular complexity index is 718. The second-order valence-electron chi connectivity index (χ2n) is 12.3. The van der Waals surface area contributed by atoms with Crippen molar-refractivity contribution >= 4 is 11.8 Å². The number of rotatable bonds is 6. The summed E-state index contributed by atoms with van der Waals surface area (Å²) in [6, 6.07) is 0. The summed E-state index contributed by atoms with van der Waals surface area (Å²) < 4.78 is 5.17. The van der Waals surface area contributed by atoms with Crippen molar-refractivity contribution in [2.45, 2.75) is 105 Å². The molecule has 0 bridgehead atoms. The molecular formula is C28H46O4. The number of aliphatic hydroxyl groups is 1. The molecule has 182 valence electrons. The number of fused-ring (bicyclic) bond motifs is 5. The van der Waals surface area contributed by atoms with Gasteiger partial charge in [-0.05, 0) is 97.7 Å². The largest absolute Gasteiger partial charge is 0.466 e. The lowest BCUT2D eigenvalue weighted by atomic mass is 9.41. The van der Waals surface area contributed by atoms with E-state index in [-0.39, 0.29) is 28.8 Å². The molecule has 4 nitrogen and oxygen atoms in total. The fourth-order valence-corrected chi connectivity index (χ4v) is 9.52. The molecule has 0 spiro atoms. The Morgan fingerprint density at radius 3 is 2.50 bits per heavy atom. The zero-order chi connectivity index (χ0) is 23.3. The van der Waals surface area contributed by atoms with E-state index in [0.717, 1.165) is 25.7 Å². The van der Waals surface area contributed by atoms with E-state index in [2.05, 4.69) is 27.7 Å². The molecule has 1 N–H and O–H groups in total. The number of hydrogen-bond donors (Lipinski definition) is 1. The van der Waals surface area contributed by atoms with Gasteiger partial charge in [-0.1, -0.05) is 34.1 Å². The molecular weight excluding hydrogens is 400 g/mol. The first kappa shape index (κ1) is 24.2. The highest BCUT2D eigenvalue weighted by Gasteiger charge is 2.64. The van der Waals surface area contributed by atoms with Crippen molar-refractivity contribution in [1.82, 2.24) is 0 Å². The molecule has 32 heavy (non-hydrogen) atoms. The highest BCUT2D eigenvalue weighted by atomic mass is 16.5. The summed E-state index contributed by atoms with van der Waals surface area (Å²) in [4.78, 5) is 24.3. The number of aliphatic hydroxyl groups excluding tert-OH is 1. The van der Waals surface area contributed by atoms with Crippen LogP contribution in [0.4, 0.5) is 0 Å². The van der Waals surface area contributed by atoms with Crippen molar-refractivity contribution in [3.63, 3.8) is 0 Å². The fourth-order valence-electron chi connectivity index (χ4n) is 9.52. The van der Waals surface area contributed by atoms with E-state index in [1.54, 1.807) is 0 Å². The van der Waals surface area contributed by atoms with Crippen LogP contribution in [0.2, 0.25) is 0 Å². The number of ketones is 1. The quantitative estimate of drug-likeness (QED) is 0.524. The molecule has 4 heteroatoms. The topological polar surface area (TPSA) is 63.6 Å². The SMILES string of the molecule is CCOC(=O)CC[C@@H](C)C1CCC2C3C(CCC21C)[C@@]1(C)CCC(=O)C[C@@H]1[C@H](CC)[C@H]3O. The van der Waals surface area contributed by atoms with Gasteiger partial charge in [0.2, 0.25) is 0 Å². The first-order chi connectivity index (χ1) is 15.2. The van der Waals surface area contributed by atoms with Crippen molar-refractivity contribution in [1.29, 1.82) is 0 Å². The number of hydrogen-bond acceptors (Lipinski definition) is 4. The number of carbonyl (C=O) groups is 2. The molecule has 5 unspecified atom stereocenters. The normalized spacial score (nSPS) is 46.7. The minimum absolute atomic E-state index is 0.0675. The zero-order valence-corrected chi connectivity index (χ0v) is 21.1. The molecule has 0 aromatic carbocycles. The molecule has 4 aliphatic rings. The summed E-state index contributed by atoms with van der Waals surface area (Å²) in [6.07, 6.45) is 9.41. The maximum Gasteiger partial charge on any atom is 0.305 e. The summed E-state index contributed by atoms with van der Waals surface area (Å²) in [5.74, 6) is 3.56. The van der Waals surface area contributed by atoms with Gasteiger partial charge < -0.3 is 9.84 Å². The Balaban J connectivity index is 1.56. The van der Waals surface area contributed by atoms with Crippen molar-refractivity contribution in [3.8, 4) is 0 Å². The number of Topliss-reactive ketones (excluding diaryl/α,β-unsaturated/α-hetero) is 1. The summed E-state index contributed by atoms with van der Waals surface area (Å²) in [5.41, 5.74) is 0.454. The zero-order valence-electron chi connectivity index (χ0n) is 21.1. The second-order valence-corrected chi connectivity index (χ2v) is 12.3. The molecule has 4 aliphatic carbocycles. The Kier molecular flexibility index (Phi) is 6.85. The van der Waals surface area contributed by atoms with Gasteiger partial charge in [-0.15, -0.1) is 0 Å². The van der Waals surface area contributed by atoms with E-state index in [4.69, 9.17) is 4.74 Å². The van der Waals surface area contributed by atoms with Crippen LogP contribution in [0.1, 0.15) is 98.8 Å². The highest BCUT2D eigenvalue weighted by molar-refractivity contribution is 5.79. The lowest BCUT2D eigenvalue weighted by molar-refractivity contribution is -0.194. The lowest BCUT2D eigenvalue weighted by Gasteiger charge is -2.64. The van der Waals surface area contributed by atoms with Crippen LogP contribution in [0, 0.1) is 52.3 Å². The van der Waals surface area contributed by atoms with Crippen LogP contribution in [0.3, 0.4) is 0 Å². The molecule has 0 aromatic rings. The van der Waals surface area contributed by atoms with Gasteiger partial charge in [0, 0.05) is 19.3 Å². The van der Waals surface area contributed by atoms with Crippen LogP contribution in [0.5, 0.6) is 0 Å². The van der Waals surface area contributed by atoms with Gasteiger partial charge in [-0.2, -0.15) is 0 Å². The van der Waals surface area contributed by atoms with Crippen LogP contribution in [0.15, 0.2) is 0 Å². The van der Waals surface area contributed by atoms with Crippen LogP contribution < -0.4 is 0 Å². The van der Waals surface area contributed by atoms with Gasteiger partial charge in [0.25, 0.3) is 0 Å². The molecule has 10 atom stereocenters. The average Bonchev–Trinajstić information content (AvgIpc) is 3.11. The van der Waals surface area contributed by atoms with Crippen LogP contribution in [0.25, 0.3) is 0 Å². The monoisotopic (exact) mass is 446 g/mol. The van der Waals surface area contributed by atoms with E-state index in [0.29, 0.717) is 60.7 Å². The van der Waals surface area contributed by atoms with Crippen LogP contribution in [-0.2, 0) is 14.3 Å². The fraction of sp³-hybridized carbons (Fsp3) is 0.929. The number of ether oxygens (including phenoxy) is 1. The molecule has 4 rings (SSSR count).